The van der Waals surface area contributed by atoms with Crippen molar-refractivity contribution in [3.63, 3.8) is 0 Å². The van der Waals surface area contributed by atoms with E-state index in [1.165, 1.54) is 39.9 Å². The first-order chi connectivity index (χ1) is 18.1. The third-order valence-electron chi connectivity index (χ3n) is 5.72. The maximum atomic E-state index is 12.2. The van der Waals surface area contributed by atoms with Gasteiger partial charge in [0.2, 0.25) is 0 Å². The van der Waals surface area contributed by atoms with Crippen LogP contribution in [-0.2, 0) is 23.0 Å². The van der Waals surface area contributed by atoms with Crippen molar-refractivity contribution in [1.82, 2.24) is 0 Å². The van der Waals surface area contributed by atoms with Gasteiger partial charge >= 0.3 is 27.2 Å². The molecule has 0 amide bonds. The van der Waals surface area contributed by atoms with Crippen molar-refractivity contribution in [2.24, 2.45) is 0 Å². The van der Waals surface area contributed by atoms with Gasteiger partial charge in [-0.15, -0.1) is 0 Å². The molecule has 0 radical (unpaired) electrons. The van der Waals surface area contributed by atoms with Gasteiger partial charge < -0.3 is 0 Å². The van der Waals surface area contributed by atoms with E-state index in [1.807, 2.05) is 0 Å². The maximum Gasteiger partial charge on any atom is 0.437 e. The number of aryl methyl sites for hydroxylation is 2. The molecule has 3 rings (SSSR count). The molecule has 0 fully saturated rings. The Morgan fingerprint density at radius 2 is 1.03 bits per heavy atom. The van der Waals surface area contributed by atoms with E-state index >= 15 is 0 Å². The van der Waals surface area contributed by atoms with Gasteiger partial charge in [-0.1, -0.05) is 106 Å². The van der Waals surface area contributed by atoms with Crippen molar-refractivity contribution in [3.05, 3.63) is 90.0 Å². The molecule has 0 aliphatic rings. The molecule has 0 aromatic heterocycles. The summed E-state index contributed by atoms with van der Waals surface area (Å²) in [5.74, 6) is -11.5. The van der Waals surface area contributed by atoms with E-state index in [0.717, 1.165) is 12.8 Å². The van der Waals surface area contributed by atoms with Crippen LogP contribution >= 0.6 is 7.92 Å². The smallest absolute Gasteiger partial charge is 0.281 e. The van der Waals surface area contributed by atoms with Gasteiger partial charge in [0, 0.05) is 6.92 Å². The SMILES string of the molecule is CC(F)(F)C(F)(F)C(F)(F)S(=O)(=O)O.CCCc1ccc(P(c2ccccc2)c2ccc(CCC)cc2)cc1. The second-order valence-corrected chi connectivity index (χ2v) is 12.6. The third kappa shape index (κ3) is 8.05. The summed E-state index contributed by atoms with van der Waals surface area (Å²) in [5.41, 5.74) is 2.88. The largest absolute Gasteiger partial charge is 0.437 e. The van der Waals surface area contributed by atoms with Crippen LogP contribution in [0.2, 0.25) is 0 Å². The average molecular weight is 593 g/mol. The van der Waals surface area contributed by atoms with Gasteiger partial charge in [-0.3, -0.25) is 4.55 Å². The summed E-state index contributed by atoms with van der Waals surface area (Å²) < 4.78 is 99.6. The van der Waals surface area contributed by atoms with E-state index in [4.69, 9.17) is 4.55 Å². The minimum Gasteiger partial charge on any atom is -0.281 e. The first-order valence-corrected chi connectivity index (χ1v) is 15.0. The molecular weight excluding hydrogens is 561 g/mol. The fourth-order valence-electron chi connectivity index (χ4n) is 3.64. The van der Waals surface area contributed by atoms with Crippen LogP contribution in [0.15, 0.2) is 78.9 Å². The van der Waals surface area contributed by atoms with Gasteiger partial charge in [0.05, 0.1) is 0 Å². The van der Waals surface area contributed by atoms with Crippen LogP contribution in [-0.4, -0.2) is 30.1 Å². The molecule has 0 heterocycles. The molecule has 3 aromatic rings. The second kappa shape index (κ2) is 13.3. The minimum atomic E-state index is -6.61. The van der Waals surface area contributed by atoms with Crippen molar-refractivity contribution >= 4 is 34.0 Å². The van der Waals surface area contributed by atoms with Crippen LogP contribution in [0.3, 0.4) is 0 Å². The summed E-state index contributed by atoms with van der Waals surface area (Å²) in [6, 6.07) is 29.5. The Kier molecular flexibility index (Phi) is 11.2. The van der Waals surface area contributed by atoms with Crippen molar-refractivity contribution in [2.45, 2.75) is 63.6 Å². The third-order valence-corrected chi connectivity index (χ3v) is 9.07. The lowest BCUT2D eigenvalue weighted by atomic mass is 10.1. The lowest BCUT2D eigenvalue weighted by molar-refractivity contribution is -0.273. The zero-order valence-electron chi connectivity index (χ0n) is 21.7. The molecule has 214 valence electrons. The first-order valence-electron chi connectivity index (χ1n) is 12.2. The molecule has 0 saturated carbocycles. The Morgan fingerprint density at radius 1 is 0.667 bits per heavy atom. The molecule has 0 aliphatic carbocycles. The van der Waals surface area contributed by atoms with E-state index in [1.54, 1.807) is 0 Å². The fraction of sp³-hybridized carbons (Fsp3) is 0.357. The number of alkyl halides is 6. The van der Waals surface area contributed by atoms with E-state index in [9.17, 15) is 34.8 Å². The van der Waals surface area contributed by atoms with E-state index in [0.29, 0.717) is 0 Å². The number of rotatable bonds is 10. The normalized spacial score (nSPS) is 12.7. The number of halogens is 6. The molecular formula is C28H31F6O3PS. The van der Waals surface area contributed by atoms with Crippen LogP contribution < -0.4 is 15.9 Å². The summed E-state index contributed by atoms with van der Waals surface area (Å²) in [6.45, 7) is 3.89. The van der Waals surface area contributed by atoms with Gasteiger partial charge in [-0.2, -0.15) is 34.8 Å². The Hall–Kier alpha value is -2.42. The second-order valence-electron chi connectivity index (χ2n) is 8.96. The molecule has 0 atom stereocenters. The molecule has 0 bridgehead atoms. The molecule has 3 nitrogen and oxygen atoms in total. The topological polar surface area (TPSA) is 54.4 Å². The van der Waals surface area contributed by atoms with E-state index in [-0.39, 0.29) is 0 Å². The van der Waals surface area contributed by atoms with Crippen molar-refractivity contribution in [3.8, 4) is 0 Å². The van der Waals surface area contributed by atoms with Gasteiger partial charge in [0.25, 0.3) is 0 Å². The Morgan fingerprint density at radius 3 is 1.31 bits per heavy atom. The predicted molar refractivity (Wildman–Crippen MR) is 145 cm³/mol. The molecule has 0 aliphatic heterocycles. The number of hydrogen-bond acceptors (Lipinski definition) is 2. The van der Waals surface area contributed by atoms with Gasteiger partial charge in [-0.25, -0.2) is 0 Å². The molecule has 0 saturated heterocycles. The van der Waals surface area contributed by atoms with Gasteiger partial charge in [-0.05, 0) is 47.8 Å². The molecule has 3 aromatic carbocycles. The predicted octanol–water partition coefficient (Wildman–Crippen LogP) is 7.11. The van der Waals surface area contributed by atoms with E-state index < -0.39 is 42.1 Å². The summed E-state index contributed by atoms with van der Waals surface area (Å²) in [7, 11) is -7.10. The summed E-state index contributed by atoms with van der Waals surface area (Å²) in [6.07, 6.45) is 4.72. The quantitative estimate of drug-likeness (QED) is 0.155. The Bertz CT molecular complexity index is 1230. The molecule has 0 spiro atoms. The van der Waals surface area contributed by atoms with Crippen LogP contribution in [0.1, 0.15) is 44.7 Å². The lowest BCUT2D eigenvalue weighted by Crippen LogP contribution is -2.56. The van der Waals surface area contributed by atoms with Gasteiger partial charge in [0.15, 0.2) is 0 Å². The zero-order chi connectivity index (χ0) is 29.5. The molecule has 0 unspecified atom stereocenters. The highest BCUT2D eigenvalue weighted by Gasteiger charge is 2.75. The van der Waals surface area contributed by atoms with Crippen molar-refractivity contribution in [2.75, 3.05) is 0 Å². The fourth-order valence-corrected chi connectivity index (χ4v) is 6.40. The monoisotopic (exact) mass is 592 g/mol. The summed E-state index contributed by atoms with van der Waals surface area (Å²) >= 11 is 0. The standard InChI is InChI=1S/C24H27P.C4H4F6O3S/c1-3-8-20-12-16-23(17-13-20)25(22-10-6-5-7-11-22)24-18-14-21(9-4-2)15-19-24;1-2(5,6)3(7,8)4(9,10)14(11,12)13/h5-7,10-19H,3-4,8-9H2,1-2H3;1H3,(H,11,12,13). The van der Waals surface area contributed by atoms with E-state index in [2.05, 4.69) is 92.7 Å². The highest BCUT2D eigenvalue weighted by atomic mass is 32.2. The van der Waals surface area contributed by atoms with Crippen molar-refractivity contribution < 1.29 is 39.3 Å². The van der Waals surface area contributed by atoms with Gasteiger partial charge in [0.1, 0.15) is 0 Å². The molecule has 11 heteroatoms. The van der Waals surface area contributed by atoms with Crippen LogP contribution in [0.5, 0.6) is 0 Å². The summed E-state index contributed by atoms with van der Waals surface area (Å²) in [5, 5.41) is -1.95. The zero-order valence-corrected chi connectivity index (χ0v) is 23.4. The number of hydrogen-bond donors (Lipinski definition) is 1. The Labute approximate surface area is 226 Å². The van der Waals surface area contributed by atoms with Crippen LogP contribution in [0, 0.1) is 0 Å². The molecule has 1 N–H and O–H groups in total. The van der Waals surface area contributed by atoms with Crippen LogP contribution in [0.25, 0.3) is 0 Å². The highest BCUT2D eigenvalue weighted by molar-refractivity contribution is 7.87. The number of benzene rings is 3. The first kappa shape index (κ1) is 32.8. The highest BCUT2D eigenvalue weighted by Crippen LogP contribution is 2.47. The van der Waals surface area contributed by atoms with Crippen LogP contribution in [0.4, 0.5) is 26.3 Å². The molecule has 39 heavy (non-hydrogen) atoms. The summed E-state index contributed by atoms with van der Waals surface area (Å²) in [4.78, 5) is 0. The maximum absolute atomic E-state index is 12.2. The Balaban J connectivity index is 0.000000326. The minimum absolute atomic E-state index is 0.489. The lowest BCUT2D eigenvalue weighted by Gasteiger charge is -2.28. The average Bonchev–Trinajstić information content (AvgIpc) is 2.86. The van der Waals surface area contributed by atoms with Crippen molar-refractivity contribution in [1.29, 1.82) is 0 Å².